The Hall–Kier alpha value is -0.320. The Kier molecular flexibility index (Phi) is 2.93. The van der Waals surface area contributed by atoms with Gasteiger partial charge < -0.3 is 3.07 Å². The van der Waals surface area contributed by atoms with E-state index in [9.17, 15) is 4.79 Å². The molecule has 0 spiro atoms. The third-order valence-electron chi connectivity index (χ3n) is 2.41. The number of carbonyl (C=O) groups is 1. The number of halogens is 1. The van der Waals surface area contributed by atoms with Crippen LogP contribution in [0.25, 0.3) is 0 Å². The summed E-state index contributed by atoms with van der Waals surface area (Å²) in [6, 6.07) is 0. The van der Waals surface area contributed by atoms with Gasteiger partial charge in [-0.15, -0.1) is 0 Å². The van der Waals surface area contributed by atoms with Crippen LogP contribution in [-0.4, -0.2) is 5.97 Å². The largest absolute Gasteiger partial charge is 0.394 e. The fourth-order valence-corrected chi connectivity index (χ4v) is 1.65. The third kappa shape index (κ3) is 1.55. The van der Waals surface area contributed by atoms with Crippen LogP contribution < -0.4 is 0 Å². The maximum atomic E-state index is 11.4. The zero-order valence-corrected chi connectivity index (χ0v) is 9.24. The smallest absolute Gasteiger partial charge is 0.325 e. The lowest BCUT2D eigenvalue weighted by Gasteiger charge is -2.28. The molecule has 0 fully saturated rings. The van der Waals surface area contributed by atoms with Gasteiger partial charge in [0.15, 0.2) is 23.0 Å². The summed E-state index contributed by atoms with van der Waals surface area (Å²) in [5.74, 6) is 0.0148. The van der Waals surface area contributed by atoms with Crippen LogP contribution in [0.2, 0.25) is 0 Å². The molecule has 2 atom stereocenters. The third-order valence-corrected chi connectivity index (χ3v) is 2.81. The molecule has 0 aromatic heterocycles. The van der Waals surface area contributed by atoms with Crippen molar-refractivity contribution >= 4 is 29.0 Å². The summed E-state index contributed by atoms with van der Waals surface area (Å²) < 4.78 is 4.71. The van der Waals surface area contributed by atoms with Gasteiger partial charge in [-0.2, -0.15) is 0 Å². The van der Waals surface area contributed by atoms with E-state index in [1.54, 1.807) is 23.0 Å². The van der Waals surface area contributed by atoms with Crippen molar-refractivity contribution in [3.05, 3.63) is 24.3 Å². The molecule has 0 saturated carbocycles. The molecule has 0 radical (unpaired) electrons. The summed E-state index contributed by atoms with van der Waals surface area (Å²) in [5, 5.41) is 0. The van der Waals surface area contributed by atoms with E-state index in [2.05, 4.69) is 0 Å². The number of hydrogen-bond donors (Lipinski definition) is 0. The molecule has 0 aromatic carbocycles. The van der Waals surface area contributed by atoms with Crippen molar-refractivity contribution < 1.29 is 7.86 Å². The summed E-state index contributed by atoms with van der Waals surface area (Å²) in [7, 11) is 0. The maximum absolute atomic E-state index is 11.4. The van der Waals surface area contributed by atoms with Crippen molar-refractivity contribution in [1.29, 1.82) is 0 Å². The van der Waals surface area contributed by atoms with E-state index >= 15 is 0 Å². The molecular weight excluding hydrogens is 267 g/mol. The van der Waals surface area contributed by atoms with Gasteiger partial charge in [0.25, 0.3) is 0 Å². The lowest BCUT2D eigenvalue weighted by atomic mass is 9.75. The van der Waals surface area contributed by atoms with E-state index in [4.69, 9.17) is 3.07 Å². The molecule has 0 amide bonds. The van der Waals surface area contributed by atoms with Crippen molar-refractivity contribution in [3.8, 4) is 0 Å². The van der Waals surface area contributed by atoms with Gasteiger partial charge in [-0.25, -0.2) is 0 Å². The molecule has 2 unspecified atom stereocenters. The van der Waals surface area contributed by atoms with E-state index in [-0.39, 0.29) is 11.9 Å². The molecule has 66 valence electrons. The van der Waals surface area contributed by atoms with Crippen LogP contribution in [0.1, 0.15) is 13.8 Å². The summed E-state index contributed by atoms with van der Waals surface area (Å²) >= 11 is 1.63. The van der Waals surface area contributed by atoms with Crippen molar-refractivity contribution in [1.82, 2.24) is 0 Å². The van der Waals surface area contributed by atoms with Gasteiger partial charge in [0.2, 0.25) is 0 Å². The van der Waals surface area contributed by atoms with Gasteiger partial charge in [-0.05, 0) is 12.8 Å². The molecule has 0 saturated heterocycles. The maximum Gasteiger partial charge on any atom is 0.325 e. The number of rotatable bonds is 1. The van der Waals surface area contributed by atoms with Gasteiger partial charge in [0.1, 0.15) is 0 Å². The fourth-order valence-electron chi connectivity index (χ4n) is 1.17. The Morgan fingerprint density at radius 1 is 1.58 bits per heavy atom. The second-order valence-electron chi connectivity index (χ2n) is 3.18. The predicted octanol–water partition coefficient (Wildman–Crippen LogP) is 2.65. The Labute approximate surface area is 86.4 Å². The summed E-state index contributed by atoms with van der Waals surface area (Å²) in [5.41, 5.74) is -0.490. The first-order valence-corrected chi connectivity index (χ1v) is 4.68. The Balaban J connectivity index is 2.90. The lowest BCUT2D eigenvalue weighted by molar-refractivity contribution is -0.140. The molecule has 1 aliphatic carbocycles. The molecule has 3 heteroatoms. The molecule has 0 aliphatic heterocycles. The summed E-state index contributed by atoms with van der Waals surface area (Å²) in [6.07, 6.45) is 7.73. The van der Waals surface area contributed by atoms with Crippen LogP contribution in [-0.2, 0) is 7.86 Å². The monoisotopic (exact) mass is 278 g/mol. The normalized spacial score (nSPS) is 33.4. The first-order chi connectivity index (χ1) is 5.61. The van der Waals surface area contributed by atoms with E-state index < -0.39 is 5.41 Å². The SMILES string of the molecule is CC1C=CC=CC1(C)C(=O)OI. The van der Waals surface area contributed by atoms with Crippen molar-refractivity contribution in [2.45, 2.75) is 13.8 Å². The van der Waals surface area contributed by atoms with E-state index in [0.29, 0.717) is 0 Å². The Bertz CT molecular complexity index is 245. The quantitative estimate of drug-likeness (QED) is 0.689. The molecule has 12 heavy (non-hydrogen) atoms. The van der Waals surface area contributed by atoms with Crippen LogP contribution >= 0.6 is 23.0 Å². The fraction of sp³-hybridized carbons (Fsp3) is 0.444. The minimum absolute atomic E-state index is 0.184. The minimum Gasteiger partial charge on any atom is -0.394 e. The van der Waals surface area contributed by atoms with Gasteiger partial charge in [0, 0.05) is 0 Å². The van der Waals surface area contributed by atoms with Crippen LogP contribution in [0.4, 0.5) is 0 Å². The lowest BCUT2D eigenvalue weighted by Crippen LogP contribution is -2.32. The van der Waals surface area contributed by atoms with Gasteiger partial charge in [-0.1, -0.05) is 31.2 Å². The summed E-state index contributed by atoms with van der Waals surface area (Å²) in [6.45, 7) is 3.90. The summed E-state index contributed by atoms with van der Waals surface area (Å²) in [4.78, 5) is 11.4. The molecule has 0 heterocycles. The van der Waals surface area contributed by atoms with E-state index in [1.165, 1.54) is 0 Å². The predicted molar refractivity (Wildman–Crippen MR) is 55.7 cm³/mol. The Morgan fingerprint density at radius 3 is 2.75 bits per heavy atom. The zero-order chi connectivity index (χ0) is 9.19. The standard InChI is InChI=1S/C9H11IO2/c1-7-5-3-4-6-9(7,2)8(11)12-10/h3-7H,1-2H3. The van der Waals surface area contributed by atoms with Gasteiger partial charge in [-0.3, -0.25) is 4.79 Å². The molecule has 0 aromatic rings. The number of allylic oxidation sites excluding steroid dienone is 3. The molecule has 2 nitrogen and oxygen atoms in total. The van der Waals surface area contributed by atoms with Crippen molar-refractivity contribution in [2.24, 2.45) is 11.3 Å². The minimum atomic E-state index is -0.490. The second kappa shape index (κ2) is 3.60. The molecule has 1 aliphatic rings. The molecule has 0 N–H and O–H groups in total. The van der Waals surface area contributed by atoms with Gasteiger partial charge >= 0.3 is 5.97 Å². The molecule has 0 bridgehead atoms. The van der Waals surface area contributed by atoms with Crippen LogP contribution in [0.15, 0.2) is 24.3 Å². The highest BCUT2D eigenvalue weighted by molar-refractivity contribution is 14.1. The van der Waals surface area contributed by atoms with Crippen molar-refractivity contribution in [2.75, 3.05) is 0 Å². The zero-order valence-electron chi connectivity index (χ0n) is 7.08. The molecule has 1 rings (SSSR count). The molecular formula is C9H11IO2. The van der Waals surface area contributed by atoms with Gasteiger partial charge in [0.05, 0.1) is 5.41 Å². The number of carbonyl (C=O) groups excluding carboxylic acids is 1. The highest BCUT2D eigenvalue weighted by Gasteiger charge is 2.37. The first kappa shape index (κ1) is 9.77. The average Bonchev–Trinajstić information content (AvgIpc) is 2.09. The Morgan fingerprint density at radius 2 is 2.25 bits per heavy atom. The highest BCUT2D eigenvalue weighted by atomic mass is 127. The van der Waals surface area contributed by atoms with Crippen LogP contribution in [0, 0.1) is 11.3 Å². The van der Waals surface area contributed by atoms with Crippen LogP contribution in [0.5, 0.6) is 0 Å². The highest BCUT2D eigenvalue weighted by Crippen LogP contribution is 2.34. The first-order valence-electron chi connectivity index (χ1n) is 3.80. The topological polar surface area (TPSA) is 26.3 Å². The van der Waals surface area contributed by atoms with E-state index in [0.717, 1.165) is 0 Å². The van der Waals surface area contributed by atoms with Crippen molar-refractivity contribution in [3.63, 3.8) is 0 Å². The van der Waals surface area contributed by atoms with E-state index in [1.807, 2.05) is 38.2 Å². The van der Waals surface area contributed by atoms with Crippen LogP contribution in [0.3, 0.4) is 0 Å². The number of hydrogen-bond acceptors (Lipinski definition) is 2. The second-order valence-corrected chi connectivity index (χ2v) is 3.62. The average molecular weight is 278 g/mol.